The molecule has 0 aliphatic carbocycles. The van der Waals surface area contributed by atoms with Crippen LogP contribution in [0.2, 0.25) is 5.02 Å². The summed E-state index contributed by atoms with van der Waals surface area (Å²) in [5.74, 6) is -2.86. The summed E-state index contributed by atoms with van der Waals surface area (Å²) in [4.78, 5) is 38.9. The van der Waals surface area contributed by atoms with Gasteiger partial charge in [0.25, 0.3) is 11.8 Å². The number of aromatic nitrogens is 2. The Balaban J connectivity index is 1.70. The fourth-order valence-electron chi connectivity index (χ4n) is 4.24. The van der Waals surface area contributed by atoms with Crippen LogP contribution in [0, 0.1) is 0 Å². The lowest BCUT2D eigenvalue weighted by atomic mass is 10.0. The van der Waals surface area contributed by atoms with E-state index in [1.54, 1.807) is 0 Å². The number of nitrogens with zero attached hydrogens (tertiary/aromatic N) is 3. The largest absolute Gasteiger partial charge is 0.478 e. The second-order valence-corrected chi connectivity index (χ2v) is 9.05. The van der Waals surface area contributed by atoms with Crippen LogP contribution in [0.25, 0.3) is 22.2 Å². The zero-order valence-corrected chi connectivity index (χ0v) is 19.9. The molecule has 1 amide bonds. The molecule has 0 unspecified atom stereocenters. The van der Waals surface area contributed by atoms with Crippen molar-refractivity contribution in [2.24, 2.45) is 0 Å². The van der Waals surface area contributed by atoms with Crippen LogP contribution in [0.3, 0.4) is 0 Å². The first-order valence-corrected chi connectivity index (χ1v) is 11.5. The lowest BCUT2D eigenvalue weighted by Gasteiger charge is -2.34. The van der Waals surface area contributed by atoms with Crippen molar-refractivity contribution in [1.29, 1.82) is 0 Å². The number of amides is 1. The predicted molar refractivity (Wildman–Crippen MR) is 129 cm³/mol. The third-order valence-electron chi connectivity index (χ3n) is 6.18. The van der Waals surface area contributed by atoms with Crippen molar-refractivity contribution in [2.45, 2.75) is 12.3 Å². The van der Waals surface area contributed by atoms with Gasteiger partial charge >= 0.3 is 12.1 Å². The second-order valence-electron chi connectivity index (χ2n) is 8.65. The first kappa shape index (κ1) is 25.4. The van der Waals surface area contributed by atoms with Gasteiger partial charge in [0.2, 0.25) is 0 Å². The molecule has 0 atom stereocenters. The normalized spacial score (nSPS) is 14.0. The van der Waals surface area contributed by atoms with E-state index in [4.69, 9.17) is 11.6 Å². The molecule has 7 nitrogen and oxygen atoms in total. The van der Waals surface area contributed by atoms with Gasteiger partial charge in [-0.25, -0.2) is 9.18 Å². The zero-order chi connectivity index (χ0) is 27.4. The van der Waals surface area contributed by atoms with E-state index in [-0.39, 0.29) is 35.4 Å². The molecule has 1 aromatic heterocycles. The number of halogens is 5. The number of hydrogen-bond acceptors (Lipinski definition) is 4. The third kappa shape index (κ3) is 4.38. The number of alkyl halides is 4. The van der Waals surface area contributed by atoms with Crippen LogP contribution in [0.5, 0.6) is 0 Å². The van der Waals surface area contributed by atoms with Gasteiger partial charge in [-0.15, -0.1) is 0 Å². The van der Waals surface area contributed by atoms with E-state index >= 15 is 0 Å². The van der Waals surface area contributed by atoms with Crippen molar-refractivity contribution in [2.75, 3.05) is 13.1 Å². The molecule has 5 rings (SSSR count). The molecule has 3 aromatic carbocycles. The summed E-state index contributed by atoms with van der Waals surface area (Å²) in [5.41, 5.74) is -1.44. The minimum atomic E-state index is -4.89. The summed E-state index contributed by atoms with van der Waals surface area (Å²) >= 11 is 6.05. The highest BCUT2D eigenvalue weighted by atomic mass is 35.5. The van der Waals surface area contributed by atoms with E-state index in [2.05, 4.69) is 5.10 Å². The average molecular weight is 546 g/mol. The summed E-state index contributed by atoms with van der Waals surface area (Å²) < 4.78 is 55.3. The van der Waals surface area contributed by atoms with Crippen LogP contribution in [0.4, 0.5) is 17.6 Å². The molecule has 1 aliphatic heterocycles. The molecule has 1 aliphatic rings. The van der Waals surface area contributed by atoms with Gasteiger partial charge in [0.05, 0.1) is 40.3 Å². The molecule has 1 saturated heterocycles. The van der Waals surface area contributed by atoms with E-state index in [1.165, 1.54) is 47.4 Å². The first-order chi connectivity index (χ1) is 18.0. The number of benzene rings is 3. The zero-order valence-electron chi connectivity index (χ0n) is 19.2. The molecule has 38 heavy (non-hydrogen) atoms. The Morgan fingerprint density at radius 2 is 1.61 bits per heavy atom. The third-order valence-corrected chi connectivity index (χ3v) is 6.50. The number of likely N-dealkylation sites (tertiary alicyclic amines) is 1. The van der Waals surface area contributed by atoms with E-state index in [0.717, 1.165) is 22.9 Å². The van der Waals surface area contributed by atoms with Gasteiger partial charge in [0.15, 0.2) is 0 Å². The number of carboxylic acids is 1. The molecule has 1 N–H and O–H groups in total. The Morgan fingerprint density at radius 3 is 2.21 bits per heavy atom. The molecule has 2 heterocycles. The van der Waals surface area contributed by atoms with Gasteiger partial charge in [0.1, 0.15) is 11.9 Å². The molecule has 0 radical (unpaired) electrons. The fraction of sp³-hybridized carbons (Fsp3) is 0.154. The number of hydrogen-bond donors (Lipinski definition) is 1. The Hall–Kier alpha value is -4.25. The Bertz CT molecular complexity index is 1610. The smallest absolute Gasteiger partial charge is 0.417 e. The summed E-state index contributed by atoms with van der Waals surface area (Å²) in [6.07, 6.45) is -6.04. The maximum absolute atomic E-state index is 13.8. The fourth-order valence-corrected chi connectivity index (χ4v) is 4.50. The molecule has 0 saturated carbocycles. The minimum Gasteiger partial charge on any atom is -0.478 e. The highest BCUT2D eigenvalue weighted by Crippen LogP contribution is 2.37. The number of carbonyl (C=O) groups is 3. The van der Waals surface area contributed by atoms with Crippen LogP contribution in [0.15, 0.2) is 60.7 Å². The van der Waals surface area contributed by atoms with E-state index in [9.17, 15) is 37.1 Å². The average Bonchev–Trinajstić information content (AvgIpc) is 3.24. The van der Waals surface area contributed by atoms with E-state index in [1.807, 2.05) is 0 Å². The summed E-state index contributed by atoms with van der Waals surface area (Å²) in [5, 5.41) is 13.3. The number of rotatable bonds is 4. The number of carbonyl (C=O) groups excluding carboxylic acids is 2. The molecule has 0 spiro atoms. The number of fused-ring (bicyclic) bond motifs is 1. The monoisotopic (exact) mass is 545 g/mol. The maximum atomic E-state index is 13.8. The van der Waals surface area contributed by atoms with Crippen LogP contribution in [-0.2, 0) is 6.18 Å². The quantitative estimate of drug-likeness (QED) is 0.339. The van der Waals surface area contributed by atoms with Crippen LogP contribution < -0.4 is 0 Å². The number of aromatic carboxylic acids is 1. The van der Waals surface area contributed by atoms with Crippen LogP contribution >= 0.6 is 11.6 Å². The minimum absolute atomic E-state index is 0.00644. The topological polar surface area (TPSA) is 92.5 Å². The van der Waals surface area contributed by atoms with Gasteiger partial charge in [-0.2, -0.15) is 23.0 Å². The highest BCUT2D eigenvalue weighted by Gasteiger charge is 2.37. The molecule has 1 fully saturated rings. The van der Waals surface area contributed by atoms with Gasteiger partial charge in [0, 0.05) is 16.5 Å². The molecular formula is C26H16ClF4N3O4. The van der Waals surface area contributed by atoms with Gasteiger partial charge in [-0.05, 0) is 42.5 Å². The lowest BCUT2D eigenvalue weighted by molar-refractivity contribution is -0.137. The molecule has 0 bridgehead atoms. The summed E-state index contributed by atoms with van der Waals surface area (Å²) in [6, 6.07) is 12.7. The molecule has 4 aromatic rings. The summed E-state index contributed by atoms with van der Waals surface area (Å²) in [7, 11) is 0. The van der Waals surface area contributed by atoms with Crippen molar-refractivity contribution >= 4 is 40.3 Å². The molecular weight excluding hydrogens is 530 g/mol. The molecule has 12 heteroatoms. The van der Waals surface area contributed by atoms with Crippen LogP contribution in [-0.4, -0.2) is 56.8 Å². The first-order valence-electron chi connectivity index (χ1n) is 11.2. The second kappa shape index (κ2) is 9.25. The SMILES string of the molecule is O=C(O)c1ccc(-c2nn(C(=O)c3c(Cl)cccc3C(F)(F)F)c3cc(C(=O)N4CC(F)C4)ccc23)cc1. The van der Waals surface area contributed by atoms with Crippen molar-refractivity contribution in [3.63, 3.8) is 0 Å². The van der Waals surface area contributed by atoms with E-state index < -0.39 is 46.3 Å². The van der Waals surface area contributed by atoms with Crippen molar-refractivity contribution in [3.05, 3.63) is 87.9 Å². The summed E-state index contributed by atoms with van der Waals surface area (Å²) in [6.45, 7) is -0.185. The lowest BCUT2D eigenvalue weighted by Crippen LogP contribution is -2.51. The standard InChI is InChI=1S/C26H16ClF4N3O4/c27-19-3-1-2-18(26(29,30)31)21(19)24(36)34-20-10-15(23(35)33-11-16(28)12-33)8-9-17(20)22(32-34)13-4-6-14(7-5-13)25(37)38/h1-10,16H,11-12H2,(H,37,38). The Morgan fingerprint density at radius 1 is 0.947 bits per heavy atom. The molecule has 194 valence electrons. The maximum Gasteiger partial charge on any atom is 0.417 e. The van der Waals surface area contributed by atoms with Crippen molar-refractivity contribution in [1.82, 2.24) is 14.7 Å². The Labute approximate surface area is 216 Å². The van der Waals surface area contributed by atoms with Crippen LogP contribution in [0.1, 0.15) is 36.6 Å². The van der Waals surface area contributed by atoms with Gasteiger partial charge in [-0.3, -0.25) is 9.59 Å². The van der Waals surface area contributed by atoms with Gasteiger partial charge in [-0.1, -0.05) is 29.8 Å². The number of carboxylic acid groups (broad SMARTS) is 1. The highest BCUT2D eigenvalue weighted by molar-refractivity contribution is 6.34. The van der Waals surface area contributed by atoms with Crippen molar-refractivity contribution in [3.8, 4) is 11.3 Å². The van der Waals surface area contributed by atoms with Gasteiger partial charge < -0.3 is 10.0 Å². The predicted octanol–water partition coefficient (Wildman–Crippen LogP) is 5.56. The Kier molecular flexibility index (Phi) is 6.18. The van der Waals surface area contributed by atoms with Crippen molar-refractivity contribution < 1.29 is 37.1 Å². The van der Waals surface area contributed by atoms with E-state index in [0.29, 0.717) is 10.9 Å².